The van der Waals surface area contributed by atoms with E-state index in [1.807, 2.05) is 25.4 Å². The standard InChI is InChI=1S/C14H19N3S/c1-9-6-7-15-10(2)12(9)17-11(14(3,4)5)8-16-13(17)18/h6-8H,1-5H3,(H,16,18). The van der Waals surface area contributed by atoms with Crippen LogP contribution in [-0.4, -0.2) is 14.5 Å². The summed E-state index contributed by atoms with van der Waals surface area (Å²) in [4.78, 5) is 7.53. The molecule has 2 aromatic rings. The lowest BCUT2D eigenvalue weighted by Crippen LogP contribution is -2.18. The first-order valence-electron chi connectivity index (χ1n) is 6.06. The maximum atomic E-state index is 5.42. The van der Waals surface area contributed by atoms with Crippen molar-refractivity contribution in [2.75, 3.05) is 0 Å². The number of rotatable bonds is 1. The molecule has 2 rings (SSSR count). The fraction of sp³-hybridized carbons (Fsp3) is 0.429. The SMILES string of the molecule is Cc1ccnc(C)c1-n1c(C(C)(C)C)c[nH]c1=S. The van der Waals surface area contributed by atoms with Crippen molar-refractivity contribution in [1.82, 2.24) is 14.5 Å². The predicted molar refractivity (Wildman–Crippen MR) is 76.9 cm³/mol. The third-order valence-corrected chi connectivity index (χ3v) is 3.38. The fourth-order valence-electron chi connectivity index (χ4n) is 2.17. The molecule has 3 nitrogen and oxygen atoms in total. The third-order valence-electron chi connectivity index (χ3n) is 3.08. The number of aryl methyl sites for hydroxylation is 2. The quantitative estimate of drug-likeness (QED) is 0.791. The van der Waals surface area contributed by atoms with Crippen molar-refractivity contribution in [2.45, 2.75) is 40.0 Å². The van der Waals surface area contributed by atoms with E-state index in [0.717, 1.165) is 16.2 Å². The van der Waals surface area contributed by atoms with Gasteiger partial charge in [0.15, 0.2) is 4.77 Å². The van der Waals surface area contributed by atoms with E-state index in [0.29, 0.717) is 0 Å². The molecule has 2 aromatic heterocycles. The molecular formula is C14H19N3S. The molecule has 0 saturated heterocycles. The average molecular weight is 261 g/mol. The number of imidazole rings is 1. The van der Waals surface area contributed by atoms with Crippen LogP contribution < -0.4 is 0 Å². The van der Waals surface area contributed by atoms with Crippen LogP contribution in [0.25, 0.3) is 5.69 Å². The summed E-state index contributed by atoms with van der Waals surface area (Å²) >= 11 is 5.42. The highest BCUT2D eigenvalue weighted by Crippen LogP contribution is 2.27. The molecule has 96 valence electrons. The molecular weight excluding hydrogens is 242 g/mol. The van der Waals surface area contributed by atoms with Crippen molar-refractivity contribution >= 4 is 12.2 Å². The smallest absolute Gasteiger partial charge is 0.182 e. The first-order chi connectivity index (χ1) is 8.32. The summed E-state index contributed by atoms with van der Waals surface area (Å²) < 4.78 is 2.83. The molecule has 0 atom stereocenters. The second-order valence-corrected chi connectivity index (χ2v) is 6.01. The molecule has 0 radical (unpaired) electrons. The first-order valence-corrected chi connectivity index (χ1v) is 6.46. The number of nitrogens with zero attached hydrogens (tertiary/aromatic N) is 2. The Labute approximate surface area is 113 Å². The Morgan fingerprint density at radius 2 is 1.94 bits per heavy atom. The maximum Gasteiger partial charge on any atom is 0.182 e. The summed E-state index contributed by atoms with van der Waals surface area (Å²) in [7, 11) is 0. The molecule has 2 heterocycles. The van der Waals surface area contributed by atoms with Crippen LogP contribution in [0.5, 0.6) is 0 Å². The van der Waals surface area contributed by atoms with Crippen molar-refractivity contribution in [3.63, 3.8) is 0 Å². The Bertz CT molecular complexity index is 609. The lowest BCUT2D eigenvalue weighted by Gasteiger charge is -2.22. The van der Waals surface area contributed by atoms with Crippen LogP contribution >= 0.6 is 12.2 Å². The molecule has 0 aliphatic rings. The van der Waals surface area contributed by atoms with Crippen LogP contribution in [0.3, 0.4) is 0 Å². The average Bonchev–Trinajstić information content (AvgIpc) is 2.60. The van der Waals surface area contributed by atoms with E-state index < -0.39 is 0 Å². The third kappa shape index (κ3) is 2.12. The van der Waals surface area contributed by atoms with E-state index in [1.54, 1.807) is 0 Å². The van der Waals surface area contributed by atoms with Crippen LogP contribution in [0.4, 0.5) is 0 Å². The molecule has 0 amide bonds. The van der Waals surface area contributed by atoms with E-state index in [2.05, 4.69) is 42.2 Å². The van der Waals surface area contributed by atoms with E-state index in [9.17, 15) is 0 Å². The van der Waals surface area contributed by atoms with Gasteiger partial charge in [0.2, 0.25) is 0 Å². The van der Waals surface area contributed by atoms with Crippen LogP contribution in [0, 0.1) is 18.6 Å². The van der Waals surface area contributed by atoms with Gasteiger partial charge in [0, 0.05) is 23.5 Å². The van der Waals surface area contributed by atoms with Gasteiger partial charge >= 0.3 is 0 Å². The Kier molecular flexibility index (Phi) is 3.15. The zero-order valence-corrected chi connectivity index (χ0v) is 12.4. The minimum absolute atomic E-state index is 0.0300. The molecule has 0 aromatic carbocycles. The summed E-state index contributed by atoms with van der Waals surface area (Å²) in [5.74, 6) is 0. The molecule has 0 unspecified atom stereocenters. The number of aromatic amines is 1. The Morgan fingerprint density at radius 3 is 2.50 bits per heavy atom. The van der Waals surface area contributed by atoms with Crippen LogP contribution in [0.15, 0.2) is 18.5 Å². The van der Waals surface area contributed by atoms with Gasteiger partial charge in [-0.1, -0.05) is 20.8 Å². The Morgan fingerprint density at radius 1 is 1.28 bits per heavy atom. The first kappa shape index (κ1) is 13.0. The van der Waals surface area contributed by atoms with E-state index in [4.69, 9.17) is 12.2 Å². The molecule has 18 heavy (non-hydrogen) atoms. The predicted octanol–water partition coefficient (Wildman–Crippen LogP) is 3.84. The van der Waals surface area contributed by atoms with Crippen LogP contribution in [0.2, 0.25) is 0 Å². The summed E-state index contributed by atoms with van der Waals surface area (Å²) in [5, 5.41) is 0. The number of H-pyrrole nitrogens is 1. The highest BCUT2D eigenvalue weighted by molar-refractivity contribution is 7.71. The number of pyridine rings is 1. The Hall–Kier alpha value is -1.42. The van der Waals surface area contributed by atoms with E-state index >= 15 is 0 Å². The van der Waals surface area contributed by atoms with Gasteiger partial charge in [-0.15, -0.1) is 0 Å². The fourth-order valence-corrected chi connectivity index (χ4v) is 2.42. The van der Waals surface area contributed by atoms with E-state index in [-0.39, 0.29) is 5.41 Å². The molecule has 4 heteroatoms. The molecule has 0 fully saturated rings. The minimum Gasteiger partial charge on any atom is -0.337 e. The summed E-state index contributed by atoms with van der Waals surface area (Å²) in [6, 6.07) is 2.02. The largest absolute Gasteiger partial charge is 0.337 e. The highest BCUT2D eigenvalue weighted by Gasteiger charge is 2.21. The van der Waals surface area contributed by atoms with E-state index in [1.165, 1.54) is 11.3 Å². The van der Waals surface area contributed by atoms with Crippen molar-refractivity contribution < 1.29 is 0 Å². The molecule has 0 spiro atoms. The lowest BCUT2D eigenvalue weighted by molar-refractivity contribution is 0.554. The maximum absolute atomic E-state index is 5.42. The van der Waals surface area contributed by atoms with Gasteiger partial charge in [0.25, 0.3) is 0 Å². The van der Waals surface area contributed by atoms with Gasteiger partial charge in [-0.3, -0.25) is 9.55 Å². The zero-order chi connectivity index (χ0) is 13.5. The number of nitrogens with one attached hydrogen (secondary N) is 1. The van der Waals surface area contributed by atoms with Crippen molar-refractivity contribution in [3.05, 3.63) is 40.2 Å². The van der Waals surface area contributed by atoms with Gasteiger partial charge in [-0.2, -0.15) is 0 Å². The normalized spacial score (nSPS) is 11.8. The molecule has 0 aliphatic heterocycles. The Balaban J connectivity index is 2.80. The van der Waals surface area contributed by atoms with Gasteiger partial charge in [-0.05, 0) is 37.7 Å². The second-order valence-electron chi connectivity index (χ2n) is 5.63. The van der Waals surface area contributed by atoms with Gasteiger partial charge in [-0.25, -0.2) is 0 Å². The molecule has 0 aliphatic carbocycles. The van der Waals surface area contributed by atoms with Crippen molar-refractivity contribution in [3.8, 4) is 5.69 Å². The minimum atomic E-state index is 0.0300. The summed E-state index contributed by atoms with van der Waals surface area (Å²) in [5.41, 5.74) is 4.47. The molecule has 1 N–H and O–H groups in total. The lowest BCUT2D eigenvalue weighted by atomic mass is 9.92. The summed E-state index contributed by atoms with van der Waals surface area (Å²) in [6.45, 7) is 10.7. The topological polar surface area (TPSA) is 33.6 Å². The number of hydrogen-bond donors (Lipinski definition) is 1. The zero-order valence-electron chi connectivity index (χ0n) is 11.5. The highest BCUT2D eigenvalue weighted by atomic mass is 32.1. The van der Waals surface area contributed by atoms with Gasteiger partial charge in [0.1, 0.15) is 0 Å². The van der Waals surface area contributed by atoms with Gasteiger partial charge < -0.3 is 4.98 Å². The van der Waals surface area contributed by atoms with Crippen LogP contribution in [-0.2, 0) is 5.41 Å². The monoisotopic (exact) mass is 261 g/mol. The van der Waals surface area contributed by atoms with Crippen LogP contribution in [0.1, 0.15) is 37.7 Å². The second kappa shape index (κ2) is 4.35. The van der Waals surface area contributed by atoms with Crippen molar-refractivity contribution in [2.24, 2.45) is 0 Å². The number of hydrogen-bond acceptors (Lipinski definition) is 2. The molecule has 0 bridgehead atoms. The summed E-state index contributed by atoms with van der Waals surface area (Å²) in [6.07, 6.45) is 3.83. The van der Waals surface area contributed by atoms with Crippen molar-refractivity contribution in [1.29, 1.82) is 0 Å². The number of aromatic nitrogens is 3. The van der Waals surface area contributed by atoms with Gasteiger partial charge in [0.05, 0.1) is 11.4 Å². The molecule has 0 saturated carbocycles.